The van der Waals surface area contributed by atoms with Gasteiger partial charge in [0.25, 0.3) is 0 Å². The predicted molar refractivity (Wildman–Crippen MR) is 109 cm³/mol. The normalized spacial score (nSPS) is 19.4. The van der Waals surface area contributed by atoms with Crippen molar-refractivity contribution in [3.05, 3.63) is 71.5 Å². The van der Waals surface area contributed by atoms with Crippen molar-refractivity contribution in [1.29, 1.82) is 0 Å². The molecule has 0 aromatic heterocycles. The highest BCUT2D eigenvalue weighted by Crippen LogP contribution is 2.49. The van der Waals surface area contributed by atoms with Crippen molar-refractivity contribution in [2.45, 2.75) is 24.3 Å². The molecule has 6 heteroatoms. The van der Waals surface area contributed by atoms with Crippen molar-refractivity contribution in [3.8, 4) is 0 Å². The van der Waals surface area contributed by atoms with Crippen LogP contribution in [0.2, 0.25) is 0 Å². The molecule has 4 rings (SSSR count). The first-order valence-corrected chi connectivity index (χ1v) is 10.1. The summed E-state index contributed by atoms with van der Waals surface area (Å²) in [6.45, 7) is 2.88. The van der Waals surface area contributed by atoms with Gasteiger partial charge in [0, 0.05) is 31.7 Å². The Morgan fingerprint density at radius 1 is 0.966 bits per heavy atom. The van der Waals surface area contributed by atoms with E-state index in [4.69, 9.17) is 0 Å². The molecule has 1 saturated carbocycles. The van der Waals surface area contributed by atoms with Crippen LogP contribution in [-0.2, 0) is 15.0 Å². The number of amides is 2. The first-order valence-electron chi connectivity index (χ1n) is 10.1. The van der Waals surface area contributed by atoms with Gasteiger partial charge < -0.3 is 15.1 Å². The van der Waals surface area contributed by atoms with Gasteiger partial charge in [-0.3, -0.25) is 9.59 Å². The summed E-state index contributed by atoms with van der Waals surface area (Å²) >= 11 is 0. The van der Waals surface area contributed by atoms with Crippen LogP contribution in [0.3, 0.4) is 0 Å². The molecule has 29 heavy (non-hydrogen) atoms. The number of hydrogen-bond acceptors (Lipinski definition) is 3. The van der Waals surface area contributed by atoms with Gasteiger partial charge in [-0.25, -0.2) is 4.39 Å². The number of nitrogens with one attached hydrogen (secondary N) is 1. The van der Waals surface area contributed by atoms with Gasteiger partial charge in [-0.05, 0) is 31.5 Å². The quantitative estimate of drug-likeness (QED) is 0.846. The summed E-state index contributed by atoms with van der Waals surface area (Å²) in [7, 11) is 2.03. The van der Waals surface area contributed by atoms with E-state index in [1.54, 1.807) is 23.1 Å². The SMILES string of the molecule is CN1CCN(C(=O)C(NC(=O)C2(c3ccccc3F)CC2)c2ccccc2)CC1. The smallest absolute Gasteiger partial charge is 0.249 e. The molecule has 1 aliphatic heterocycles. The van der Waals surface area contributed by atoms with Crippen molar-refractivity contribution in [3.63, 3.8) is 0 Å². The largest absolute Gasteiger partial charge is 0.340 e. The summed E-state index contributed by atoms with van der Waals surface area (Å²) in [6, 6.07) is 14.9. The van der Waals surface area contributed by atoms with Crippen LogP contribution in [0.4, 0.5) is 4.39 Å². The Bertz CT molecular complexity index is 890. The van der Waals surface area contributed by atoms with Crippen molar-refractivity contribution in [2.75, 3.05) is 33.2 Å². The van der Waals surface area contributed by atoms with E-state index in [1.165, 1.54) is 6.07 Å². The maximum absolute atomic E-state index is 14.4. The molecule has 0 bridgehead atoms. The molecule has 1 unspecified atom stereocenters. The van der Waals surface area contributed by atoms with E-state index in [1.807, 2.05) is 37.4 Å². The average Bonchev–Trinajstić information content (AvgIpc) is 3.55. The van der Waals surface area contributed by atoms with Crippen LogP contribution in [0.15, 0.2) is 54.6 Å². The summed E-state index contributed by atoms with van der Waals surface area (Å²) in [6.07, 6.45) is 1.17. The minimum absolute atomic E-state index is 0.109. The monoisotopic (exact) mass is 395 g/mol. The van der Waals surface area contributed by atoms with Crippen LogP contribution in [0.1, 0.15) is 30.0 Å². The van der Waals surface area contributed by atoms with E-state index in [0.29, 0.717) is 31.5 Å². The Morgan fingerprint density at radius 2 is 1.59 bits per heavy atom. The minimum atomic E-state index is -0.874. The Kier molecular flexibility index (Phi) is 5.37. The molecule has 2 amide bonds. The third-order valence-corrected chi connectivity index (χ3v) is 6.04. The van der Waals surface area contributed by atoms with E-state index in [0.717, 1.165) is 18.7 Å². The van der Waals surface area contributed by atoms with E-state index >= 15 is 0 Å². The Morgan fingerprint density at radius 3 is 2.21 bits per heavy atom. The van der Waals surface area contributed by atoms with Crippen molar-refractivity contribution in [1.82, 2.24) is 15.1 Å². The van der Waals surface area contributed by atoms with E-state index in [-0.39, 0.29) is 17.6 Å². The van der Waals surface area contributed by atoms with Gasteiger partial charge in [0.1, 0.15) is 11.9 Å². The number of nitrogens with zero attached hydrogens (tertiary/aromatic N) is 2. The van der Waals surface area contributed by atoms with Gasteiger partial charge in [0.2, 0.25) is 11.8 Å². The molecule has 1 saturated heterocycles. The number of hydrogen-bond donors (Lipinski definition) is 1. The number of benzene rings is 2. The fourth-order valence-electron chi connectivity index (χ4n) is 4.00. The fraction of sp³-hybridized carbons (Fsp3) is 0.391. The molecule has 152 valence electrons. The second kappa shape index (κ2) is 7.95. The highest BCUT2D eigenvalue weighted by Gasteiger charge is 2.53. The lowest BCUT2D eigenvalue weighted by Crippen LogP contribution is -2.52. The summed E-state index contributed by atoms with van der Waals surface area (Å²) < 4.78 is 14.4. The fourth-order valence-corrected chi connectivity index (χ4v) is 4.00. The standard InChI is InChI=1S/C23H26FN3O2/c1-26-13-15-27(16-14-26)21(28)20(17-7-3-2-4-8-17)25-22(29)23(11-12-23)18-9-5-6-10-19(18)24/h2-10,20H,11-16H2,1H3,(H,25,29). The number of carbonyl (C=O) groups excluding carboxylic acids is 2. The molecule has 2 aromatic carbocycles. The molecule has 2 aromatic rings. The molecule has 1 atom stereocenters. The van der Waals surface area contributed by atoms with Gasteiger partial charge in [-0.15, -0.1) is 0 Å². The molecule has 2 aliphatic rings. The second-order valence-electron chi connectivity index (χ2n) is 8.01. The number of piperazine rings is 1. The van der Waals surface area contributed by atoms with Crippen LogP contribution in [-0.4, -0.2) is 54.8 Å². The van der Waals surface area contributed by atoms with E-state index in [2.05, 4.69) is 10.2 Å². The number of halogens is 1. The predicted octanol–water partition coefficient (Wildman–Crippen LogP) is 2.49. The zero-order valence-electron chi connectivity index (χ0n) is 16.6. The maximum Gasteiger partial charge on any atom is 0.249 e. The van der Waals surface area contributed by atoms with Gasteiger partial charge in [-0.2, -0.15) is 0 Å². The maximum atomic E-state index is 14.4. The van der Waals surface area contributed by atoms with E-state index < -0.39 is 11.5 Å². The van der Waals surface area contributed by atoms with Gasteiger partial charge in [-0.1, -0.05) is 48.5 Å². The molecule has 1 heterocycles. The molecule has 1 aliphatic carbocycles. The van der Waals surface area contributed by atoms with Crippen molar-refractivity contribution in [2.24, 2.45) is 0 Å². The summed E-state index contributed by atoms with van der Waals surface area (Å²) in [5, 5.41) is 2.96. The Balaban J connectivity index is 1.58. The summed E-state index contributed by atoms with van der Waals surface area (Å²) in [5.74, 6) is -0.761. The first kappa shape index (κ1) is 19.6. The third kappa shape index (κ3) is 3.90. The molecular formula is C23H26FN3O2. The Hall–Kier alpha value is -2.73. The third-order valence-electron chi connectivity index (χ3n) is 6.04. The minimum Gasteiger partial charge on any atom is -0.340 e. The zero-order valence-corrected chi connectivity index (χ0v) is 16.6. The van der Waals surface area contributed by atoms with Crippen LogP contribution in [0.5, 0.6) is 0 Å². The molecule has 0 radical (unpaired) electrons. The van der Waals surface area contributed by atoms with E-state index in [9.17, 15) is 14.0 Å². The number of carbonyl (C=O) groups is 2. The van der Waals surface area contributed by atoms with Crippen LogP contribution in [0.25, 0.3) is 0 Å². The zero-order chi connectivity index (χ0) is 20.4. The van der Waals surface area contributed by atoms with Crippen molar-refractivity contribution >= 4 is 11.8 Å². The number of likely N-dealkylation sites (N-methyl/N-ethyl adjacent to an activating group) is 1. The Labute approximate surface area is 170 Å². The van der Waals surface area contributed by atoms with Crippen LogP contribution < -0.4 is 5.32 Å². The lowest BCUT2D eigenvalue weighted by Gasteiger charge is -2.35. The number of rotatable bonds is 5. The first-order chi connectivity index (χ1) is 14.0. The van der Waals surface area contributed by atoms with Crippen LogP contribution in [0, 0.1) is 5.82 Å². The van der Waals surface area contributed by atoms with Crippen LogP contribution >= 0.6 is 0 Å². The second-order valence-corrected chi connectivity index (χ2v) is 8.01. The molecule has 1 N–H and O–H groups in total. The lowest BCUT2D eigenvalue weighted by molar-refractivity contribution is -0.138. The summed E-state index contributed by atoms with van der Waals surface area (Å²) in [5.41, 5.74) is 0.284. The molecule has 0 spiro atoms. The average molecular weight is 395 g/mol. The molecule has 2 fully saturated rings. The van der Waals surface area contributed by atoms with Crippen molar-refractivity contribution < 1.29 is 14.0 Å². The van der Waals surface area contributed by atoms with Gasteiger partial charge in [0.15, 0.2) is 0 Å². The highest BCUT2D eigenvalue weighted by molar-refractivity contribution is 5.95. The van der Waals surface area contributed by atoms with Gasteiger partial charge in [0.05, 0.1) is 5.41 Å². The topological polar surface area (TPSA) is 52.6 Å². The highest BCUT2D eigenvalue weighted by atomic mass is 19.1. The summed E-state index contributed by atoms with van der Waals surface area (Å²) in [4.78, 5) is 30.5. The lowest BCUT2D eigenvalue weighted by atomic mass is 9.93. The molecular weight excluding hydrogens is 369 g/mol. The van der Waals surface area contributed by atoms with Gasteiger partial charge >= 0.3 is 0 Å². The molecule has 5 nitrogen and oxygen atoms in total.